The number of thioether (sulfide) groups is 1. The average Bonchev–Trinajstić information content (AvgIpc) is 2.67. The smallest absolute Gasteiger partial charge is 0.266 e. The van der Waals surface area contributed by atoms with E-state index in [1.165, 1.54) is 11.8 Å². The van der Waals surface area contributed by atoms with Crippen molar-refractivity contribution in [2.75, 3.05) is 5.75 Å². The minimum absolute atomic E-state index is 0.0612. The van der Waals surface area contributed by atoms with Gasteiger partial charge in [0.15, 0.2) is 5.16 Å². The van der Waals surface area contributed by atoms with E-state index < -0.39 is 0 Å². The van der Waals surface area contributed by atoms with Crippen molar-refractivity contribution >= 4 is 28.6 Å². The Balaban J connectivity index is 2.07. The number of carbonyl (C=O) groups is 1. The van der Waals surface area contributed by atoms with E-state index in [1.807, 2.05) is 64.1 Å². The summed E-state index contributed by atoms with van der Waals surface area (Å²) in [6.07, 6.45) is 0.873. The second kappa shape index (κ2) is 8.61. The predicted molar refractivity (Wildman–Crippen MR) is 115 cm³/mol. The van der Waals surface area contributed by atoms with E-state index in [1.54, 1.807) is 10.6 Å². The molecule has 0 aliphatic rings. The van der Waals surface area contributed by atoms with Gasteiger partial charge in [0.05, 0.1) is 22.3 Å². The fourth-order valence-electron chi connectivity index (χ4n) is 3.03. The van der Waals surface area contributed by atoms with Gasteiger partial charge >= 0.3 is 0 Å². The van der Waals surface area contributed by atoms with Crippen molar-refractivity contribution in [3.8, 4) is 5.69 Å². The topological polar surface area (TPSA) is 64.0 Å². The molecular weight excluding hydrogens is 370 g/mol. The summed E-state index contributed by atoms with van der Waals surface area (Å²) in [5.41, 5.74) is 3.43. The minimum Gasteiger partial charge on any atom is -0.353 e. The lowest BCUT2D eigenvalue weighted by Gasteiger charge is -2.16. The third kappa shape index (κ3) is 4.28. The molecule has 0 unspecified atom stereocenters. The van der Waals surface area contributed by atoms with Crippen molar-refractivity contribution in [3.05, 3.63) is 63.9 Å². The van der Waals surface area contributed by atoms with E-state index in [9.17, 15) is 9.59 Å². The second-order valence-electron chi connectivity index (χ2n) is 7.01. The first-order chi connectivity index (χ1) is 13.4. The number of aromatic nitrogens is 2. The third-order valence-electron chi connectivity index (χ3n) is 4.69. The Hall–Kier alpha value is -2.60. The lowest BCUT2D eigenvalue weighted by atomic mass is 10.1. The Labute approximate surface area is 169 Å². The van der Waals surface area contributed by atoms with Gasteiger partial charge in [0.25, 0.3) is 5.56 Å². The van der Waals surface area contributed by atoms with Gasteiger partial charge in [-0.1, -0.05) is 48.5 Å². The predicted octanol–water partition coefficient (Wildman–Crippen LogP) is 4.01. The lowest BCUT2D eigenvalue weighted by Crippen LogP contribution is -2.33. The number of aryl methyl sites for hydroxylation is 2. The van der Waals surface area contributed by atoms with Gasteiger partial charge in [0.2, 0.25) is 5.91 Å². The van der Waals surface area contributed by atoms with Crippen LogP contribution in [0.2, 0.25) is 0 Å². The normalized spacial score (nSPS) is 12.1. The maximum atomic E-state index is 13.3. The summed E-state index contributed by atoms with van der Waals surface area (Å²) in [7, 11) is 0. The minimum atomic E-state index is -0.123. The van der Waals surface area contributed by atoms with Crippen LogP contribution in [0.5, 0.6) is 0 Å². The molecule has 0 spiro atoms. The molecule has 5 nitrogen and oxygen atoms in total. The standard InChI is InChI=1S/C22H25N3O2S/c1-5-16(4)23-20(26)13-28-22-24-18-9-7-6-8-17(18)21(27)25(22)19-11-10-14(2)12-15(19)3/h6-12,16H,5,13H2,1-4H3,(H,23,26)/t16-/m0/s1. The Morgan fingerprint density at radius 1 is 1.21 bits per heavy atom. The van der Waals surface area contributed by atoms with Gasteiger partial charge < -0.3 is 5.32 Å². The molecule has 1 amide bonds. The molecule has 6 heteroatoms. The molecule has 0 aliphatic carbocycles. The summed E-state index contributed by atoms with van der Waals surface area (Å²) in [5.74, 6) is 0.147. The van der Waals surface area contributed by atoms with Gasteiger partial charge in [0.1, 0.15) is 0 Å². The van der Waals surface area contributed by atoms with Gasteiger partial charge in [-0.3, -0.25) is 14.2 Å². The fourth-order valence-corrected chi connectivity index (χ4v) is 3.84. The van der Waals surface area contributed by atoms with Gasteiger partial charge in [-0.2, -0.15) is 0 Å². The number of nitrogens with zero attached hydrogens (tertiary/aromatic N) is 2. The van der Waals surface area contributed by atoms with Crippen molar-refractivity contribution in [3.63, 3.8) is 0 Å². The quantitative estimate of drug-likeness (QED) is 0.506. The molecule has 0 aliphatic heterocycles. The van der Waals surface area contributed by atoms with Crippen LogP contribution in [0.3, 0.4) is 0 Å². The number of para-hydroxylation sites is 1. The van der Waals surface area contributed by atoms with Gasteiger partial charge in [-0.25, -0.2) is 4.98 Å². The van der Waals surface area contributed by atoms with E-state index in [0.29, 0.717) is 16.1 Å². The van der Waals surface area contributed by atoms with Crippen molar-refractivity contribution in [1.82, 2.24) is 14.9 Å². The number of hydrogen-bond donors (Lipinski definition) is 1. The van der Waals surface area contributed by atoms with Crippen molar-refractivity contribution in [1.29, 1.82) is 0 Å². The summed E-state index contributed by atoms with van der Waals surface area (Å²) in [6, 6.07) is 13.4. The average molecular weight is 396 g/mol. The number of benzene rings is 2. The molecule has 1 atom stereocenters. The largest absolute Gasteiger partial charge is 0.353 e. The molecule has 1 heterocycles. The molecule has 2 aromatic carbocycles. The van der Waals surface area contributed by atoms with Crippen LogP contribution in [0, 0.1) is 13.8 Å². The Bertz CT molecular complexity index is 1080. The fraction of sp³-hybridized carbons (Fsp3) is 0.318. The van der Waals surface area contributed by atoms with E-state index in [0.717, 1.165) is 23.2 Å². The zero-order chi connectivity index (χ0) is 20.3. The van der Waals surface area contributed by atoms with Crippen LogP contribution in [0.15, 0.2) is 52.4 Å². The highest BCUT2D eigenvalue weighted by Crippen LogP contribution is 2.23. The van der Waals surface area contributed by atoms with Crippen LogP contribution in [-0.2, 0) is 4.79 Å². The van der Waals surface area contributed by atoms with Crippen LogP contribution in [-0.4, -0.2) is 27.3 Å². The first kappa shape index (κ1) is 20.1. The highest BCUT2D eigenvalue weighted by molar-refractivity contribution is 7.99. The molecule has 0 saturated heterocycles. The van der Waals surface area contributed by atoms with Gasteiger partial charge in [-0.15, -0.1) is 0 Å². The molecule has 3 rings (SSSR count). The highest BCUT2D eigenvalue weighted by Gasteiger charge is 2.16. The molecule has 0 radical (unpaired) electrons. The number of rotatable bonds is 6. The maximum absolute atomic E-state index is 13.3. The molecule has 0 bridgehead atoms. The molecule has 1 N–H and O–H groups in total. The lowest BCUT2D eigenvalue weighted by molar-refractivity contribution is -0.119. The SMILES string of the molecule is CC[C@H](C)NC(=O)CSc1nc2ccccc2c(=O)n1-c1ccc(C)cc1C. The van der Waals surface area contributed by atoms with Crippen molar-refractivity contribution in [2.45, 2.75) is 45.3 Å². The van der Waals surface area contributed by atoms with E-state index in [-0.39, 0.29) is 23.3 Å². The van der Waals surface area contributed by atoms with Crippen LogP contribution in [0.4, 0.5) is 0 Å². The number of nitrogens with one attached hydrogen (secondary N) is 1. The first-order valence-corrected chi connectivity index (χ1v) is 10.4. The summed E-state index contributed by atoms with van der Waals surface area (Å²) >= 11 is 1.28. The number of carbonyl (C=O) groups excluding carboxylic acids is 1. The zero-order valence-electron chi connectivity index (χ0n) is 16.7. The molecule has 3 aromatic rings. The third-order valence-corrected chi connectivity index (χ3v) is 5.63. The Morgan fingerprint density at radius 3 is 2.68 bits per heavy atom. The monoisotopic (exact) mass is 395 g/mol. The molecule has 0 saturated carbocycles. The summed E-state index contributed by atoms with van der Waals surface area (Å²) in [4.78, 5) is 30.2. The first-order valence-electron chi connectivity index (χ1n) is 9.42. The van der Waals surface area contributed by atoms with Gasteiger partial charge in [0, 0.05) is 6.04 Å². The number of fused-ring (bicyclic) bond motifs is 1. The second-order valence-corrected chi connectivity index (χ2v) is 7.95. The van der Waals surface area contributed by atoms with Crippen molar-refractivity contribution < 1.29 is 4.79 Å². The van der Waals surface area contributed by atoms with Crippen LogP contribution < -0.4 is 10.9 Å². The Morgan fingerprint density at radius 2 is 1.96 bits per heavy atom. The maximum Gasteiger partial charge on any atom is 0.266 e. The molecule has 146 valence electrons. The van der Waals surface area contributed by atoms with Gasteiger partial charge in [-0.05, 0) is 51.0 Å². The summed E-state index contributed by atoms with van der Waals surface area (Å²) in [6.45, 7) is 8.00. The zero-order valence-corrected chi connectivity index (χ0v) is 17.5. The van der Waals surface area contributed by atoms with E-state index in [2.05, 4.69) is 5.32 Å². The molecule has 0 fully saturated rings. The highest BCUT2D eigenvalue weighted by atomic mass is 32.2. The van der Waals surface area contributed by atoms with Crippen molar-refractivity contribution in [2.24, 2.45) is 0 Å². The van der Waals surface area contributed by atoms with Crippen LogP contribution in [0.25, 0.3) is 16.6 Å². The summed E-state index contributed by atoms with van der Waals surface area (Å²) in [5, 5.41) is 4.04. The summed E-state index contributed by atoms with van der Waals surface area (Å²) < 4.78 is 1.62. The molecular formula is C22H25N3O2S. The van der Waals surface area contributed by atoms with Crippen LogP contribution in [0.1, 0.15) is 31.4 Å². The molecule has 1 aromatic heterocycles. The Kier molecular flexibility index (Phi) is 6.19. The van der Waals surface area contributed by atoms with E-state index >= 15 is 0 Å². The number of hydrogen-bond acceptors (Lipinski definition) is 4. The number of amides is 1. The van der Waals surface area contributed by atoms with Crippen LogP contribution >= 0.6 is 11.8 Å². The molecule has 28 heavy (non-hydrogen) atoms. The van der Waals surface area contributed by atoms with E-state index in [4.69, 9.17) is 4.98 Å².